The molecule has 2 heterocycles. The molecule has 0 atom stereocenters. The second-order valence-electron chi connectivity index (χ2n) is 4.35. The quantitative estimate of drug-likeness (QED) is 0.765. The number of anilines is 1. The second-order valence-corrected chi connectivity index (χ2v) is 4.35. The second kappa shape index (κ2) is 5.11. The van der Waals surface area contributed by atoms with Crippen LogP contribution in [0, 0.1) is 0 Å². The molecule has 0 saturated carbocycles. The summed E-state index contributed by atoms with van der Waals surface area (Å²) in [5.41, 5.74) is 2.86. The van der Waals surface area contributed by atoms with Crippen LogP contribution >= 0.6 is 0 Å². The lowest BCUT2D eigenvalue weighted by Crippen LogP contribution is -2.25. The van der Waals surface area contributed by atoms with Gasteiger partial charge in [-0.1, -0.05) is 6.07 Å². The highest BCUT2D eigenvalue weighted by Crippen LogP contribution is 2.28. The number of ether oxygens (including phenoxy) is 1. The Morgan fingerprint density at radius 1 is 1.32 bits per heavy atom. The molecule has 0 saturated heterocycles. The first-order valence-electron chi connectivity index (χ1n) is 6.06. The highest BCUT2D eigenvalue weighted by molar-refractivity contribution is 5.95. The summed E-state index contributed by atoms with van der Waals surface area (Å²) in [7, 11) is 0. The fourth-order valence-corrected chi connectivity index (χ4v) is 1.96. The number of hydrogen-bond donors (Lipinski definition) is 3. The van der Waals surface area contributed by atoms with Crippen LogP contribution in [0.25, 0.3) is 0 Å². The van der Waals surface area contributed by atoms with Crippen LogP contribution in [0.15, 0.2) is 30.5 Å². The van der Waals surface area contributed by atoms with Crippen molar-refractivity contribution in [2.45, 2.75) is 13.1 Å². The van der Waals surface area contributed by atoms with E-state index in [4.69, 9.17) is 4.74 Å². The summed E-state index contributed by atoms with van der Waals surface area (Å²) in [6, 6.07) is 7.71. The molecule has 0 radical (unpaired) electrons. The smallest absolute Gasteiger partial charge is 0.262 e. The Labute approximate surface area is 110 Å². The van der Waals surface area contributed by atoms with Gasteiger partial charge in [0.05, 0.1) is 5.69 Å². The van der Waals surface area contributed by atoms with Crippen molar-refractivity contribution >= 4 is 11.6 Å². The molecule has 0 bridgehead atoms. The number of benzene rings is 1. The van der Waals surface area contributed by atoms with E-state index in [1.165, 1.54) is 0 Å². The third kappa shape index (κ3) is 2.74. The van der Waals surface area contributed by atoms with E-state index in [2.05, 4.69) is 20.8 Å². The molecular formula is C13H14N4O2. The summed E-state index contributed by atoms with van der Waals surface area (Å²) in [4.78, 5) is 11.2. The number of hydrogen-bond acceptors (Lipinski definition) is 4. The number of carbonyl (C=O) groups excluding carboxylic acids is 1. The van der Waals surface area contributed by atoms with E-state index in [0.29, 0.717) is 6.54 Å². The summed E-state index contributed by atoms with van der Waals surface area (Å²) in [6.07, 6.45) is 1.72. The number of nitrogens with one attached hydrogen (secondary N) is 3. The van der Waals surface area contributed by atoms with Crippen LogP contribution < -0.4 is 15.4 Å². The monoisotopic (exact) mass is 258 g/mol. The van der Waals surface area contributed by atoms with Gasteiger partial charge >= 0.3 is 0 Å². The maximum atomic E-state index is 11.2. The van der Waals surface area contributed by atoms with Crippen molar-refractivity contribution < 1.29 is 9.53 Å². The molecule has 1 amide bonds. The molecule has 1 aliphatic rings. The minimum atomic E-state index is -0.116. The van der Waals surface area contributed by atoms with Gasteiger partial charge in [0, 0.05) is 25.0 Å². The lowest BCUT2D eigenvalue weighted by Gasteiger charge is -2.18. The van der Waals surface area contributed by atoms with E-state index >= 15 is 0 Å². The van der Waals surface area contributed by atoms with Crippen LogP contribution in [0.5, 0.6) is 5.75 Å². The van der Waals surface area contributed by atoms with Crippen molar-refractivity contribution in [2.75, 3.05) is 11.9 Å². The number of aromatic nitrogens is 2. The number of H-pyrrole nitrogens is 1. The van der Waals surface area contributed by atoms with Crippen LogP contribution in [0.2, 0.25) is 0 Å². The molecule has 6 heteroatoms. The molecule has 19 heavy (non-hydrogen) atoms. The summed E-state index contributed by atoms with van der Waals surface area (Å²) >= 11 is 0. The van der Waals surface area contributed by atoms with Gasteiger partial charge < -0.3 is 15.4 Å². The minimum absolute atomic E-state index is 0.0877. The maximum Gasteiger partial charge on any atom is 0.262 e. The standard InChI is InChI=1S/C13H14N4O2/c18-13-8-19-12-2-1-9(5-11(12)16-13)6-14-7-10-3-4-15-17-10/h1-5,14H,6-8H2,(H,15,17)(H,16,18). The van der Waals surface area contributed by atoms with E-state index in [1.807, 2.05) is 24.3 Å². The van der Waals surface area contributed by atoms with E-state index < -0.39 is 0 Å². The van der Waals surface area contributed by atoms with Crippen molar-refractivity contribution in [2.24, 2.45) is 0 Å². The van der Waals surface area contributed by atoms with E-state index in [1.54, 1.807) is 6.20 Å². The van der Waals surface area contributed by atoms with Crippen molar-refractivity contribution in [1.82, 2.24) is 15.5 Å². The van der Waals surface area contributed by atoms with Gasteiger partial charge in [-0.25, -0.2) is 0 Å². The Kier molecular flexibility index (Phi) is 3.16. The number of aromatic amines is 1. The van der Waals surface area contributed by atoms with Crippen LogP contribution in [0.3, 0.4) is 0 Å². The van der Waals surface area contributed by atoms with Gasteiger partial charge in [0.1, 0.15) is 5.75 Å². The predicted octanol–water partition coefficient (Wildman–Crippen LogP) is 1.03. The van der Waals surface area contributed by atoms with Crippen molar-refractivity contribution in [3.8, 4) is 5.75 Å². The van der Waals surface area contributed by atoms with Gasteiger partial charge in [-0.05, 0) is 23.8 Å². The van der Waals surface area contributed by atoms with Gasteiger partial charge in [-0.15, -0.1) is 0 Å². The van der Waals surface area contributed by atoms with Gasteiger partial charge in [0.25, 0.3) is 5.91 Å². The van der Waals surface area contributed by atoms with Crippen molar-refractivity contribution in [3.63, 3.8) is 0 Å². The Balaban J connectivity index is 1.62. The molecule has 98 valence electrons. The van der Waals surface area contributed by atoms with Gasteiger partial charge in [0.2, 0.25) is 0 Å². The van der Waals surface area contributed by atoms with Crippen LogP contribution in [0.4, 0.5) is 5.69 Å². The van der Waals surface area contributed by atoms with Gasteiger partial charge in [-0.3, -0.25) is 9.89 Å². The average molecular weight is 258 g/mol. The lowest BCUT2D eigenvalue weighted by atomic mass is 10.1. The maximum absolute atomic E-state index is 11.2. The zero-order chi connectivity index (χ0) is 13.1. The molecule has 2 aromatic rings. The van der Waals surface area contributed by atoms with E-state index in [0.717, 1.165) is 29.2 Å². The first-order valence-corrected chi connectivity index (χ1v) is 6.06. The average Bonchev–Trinajstić information content (AvgIpc) is 2.91. The van der Waals surface area contributed by atoms with Crippen molar-refractivity contribution in [3.05, 3.63) is 41.7 Å². The molecule has 0 aliphatic carbocycles. The first-order chi connectivity index (χ1) is 9.31. The zero-order valence-corrected chi connectivity index (χ0v) is 10.3. The highest BCUT2D eigenvalue weighted by atomic mass is 16.5. The molecule has 0 spiro atoms. The third-order valence-electron chi connectivity index (χ3n) is 2.88. The SMILES string of the molecule is O=C1COc2ccc(CNCc3ccn[nH]3)cc2N1. The molecule has 3 rings (SSSR count). The minimum Gasteiger partial charge on any atom is -0.482 e. The third-order valence-corrected chi connectivity index (χ3v) is 2.88. The summed E-state index contributed by atoms with van der Waals surface area (Å²) in [5.74, 6) is 0.604. The topological polar surface area (TPSA) is 79.0 Å². The largest absolute Gasteiger partial charge is 0.482 e. The Morgan fingerprint density at radius 2 is 2.26 bits per heavy atom. The van der Waals surface area contributed by atoms with Crippen LogP contribution in [-0.2, 0) is 17.9 Å². The fourth-order valence-electron chi connectivity index (χ4n) is 1.96. The number of carbonyl (C=O) groups is 1. The van der Waals surface area contributed by atoms with E-state index in [9.17, 15) is 4.79 Å². The summed E-state index contributed by atoms with van der Waals surface area (Å²) in [6.45, 7) is 1.52. The highest BCUT2D eigenvalue weighted by Gasteiger charge is 2.15. The summed E-state index contributed by atoms with van der Waals surface area (Å²) in [5, 5.41) is 12.9. The number of nitrogens with zero attached hydrogens (tertiary/aromatic N) is 1. The fraction of sp³-hybridized carbons (Fsp3) is 0.231. The van der Waals surface area contributed by atoms with Crippen LogP contribution in [-0.4, -0.2) is 22.7 Å². The van der Waals surface area contributed by atoms with Crippen molar-refractivity contribution in [1.29, 1.82) is 0 Å². The first kappa shape index (κ1) is 11.7. The van der Waals surface area contributed by atoms with Gasteiger partial charge in [0.15, 0.2) is 6.61 Å². The summed E-state index contributed by atoms with van der Waals surface area (Å²) < 4.78 is 5.31. The molecular weight excluding hydrogens is 244 g/mol. The Morgan fingerprint density at radius 3 is 3.11 bits per heavy atom. The molecule has 3 N–H and O–H groups in total. The molecule has 0 fully saturated rings. The van der Waals surface area contributed by atoms with Gasteiger partial charge in [-0.2, -0.15) is 5.10 Å². The number of fused-ring (bicyclic) bond motifs is 1. The Bertz CT molecular complexity index is 580. The molecule has 0 unspecified atom stereocenters. The molecule has 1 aliphatic heterocycles. The zero-order valence-electron chi connectivity index (χ0n) is 10.3. The van der Waals surface area contributed by atoms with E-state index in [-0.39, 0.29) is 12.5 Å². The van der Waals surface area contributed by atoms with Crippen LogP contribution in [0.1, 0.15) is 11.3 Å². The number of amides is 1. The lowest BCUT2D eigenvalue weighted by molar-refractivity contribution is -0.118. The molecule has 1 aromatic heterocycles. The molecule has 6 nitrogen and oxygen atoms in total. The Hall–Kier alpha value is -2.34. The predicted molar refractivity (Wildman–Crippen MR) is 69.7 cm³/mol. The normalized spacial score (nSPS) is 13.6. The molecule has 1 aromatic carbocycles. The number of rotatable bonds is 4.